The minimum Gasteiger partial charge on any atom is -0.351 e. The van der Waals surface area contributed by atoms with Gasteiger partial charge in [-0.15, -0.1) is 11.3 Å². The van der Waals surface area contributed by atoms with Crippen molar-refractivity contribution in [2.45, 2.75) is 25.6 Å². The molecule has 0 radical (unpaired) electrons. The van der Waals surface area contributed by atoms with Gasteiger partial charge in [-0.3, -0.25) is 9.69 Å². The van der Waals surface area contributed by atoms with E-state index in [-0.39, 0.29) is 18.4 Å². The highest BCUT2D eigenvalue weighted by Crippen LogP contribution is 2.24. The summed E-state index contributed by atoms with van der Waals surface area (Å²) in [5.41, 5.74) is 0. The molecule has 1 fully saturated rings. The van der Waals surface area contributed by atoms with Crippen LogP contribution in [0.25, 0.3) is 0 Å². The number of amides is 1. The van der Waals surface area contributed by atoms with E-state index in [1.807, 2.05) is 12.1 Å². The van der Waals surface area contributed by atoms with Crippen molar-refractivity contribution in [2.24, 2.45) is 5.92 Å². The minimum atomic E-state index is -4.21. The van der Waals surface area contributed by atoms with Gasteiger partial charge in [0.25, 0.3) is 0 Å². The van der Waals surface area contributed by atoms with Crippen LogP contribution in [0.5, 0.6) is 0 Å². The highest BCUT2D eigenvalue weighted by molar-refractivity contribution is 9.11. The van der Waals surface area contributed by atoms with Gasteiger partial charge in [0.2, 0.25) is 5.91 Å². The first-order chi connectivity index (χ1) is 9.83. The molecule has 1 atom stereocenters. The third-order valence-corrected chi connectivity index (χ3v) is 4.97. The fourth-order valence-corrected chi connectivity index (χ4v) is 3.85. The highest BCUT2D eigenvalue weighted by Gasteiger charge is 2.34. The lowest BCUT2D eigenvalue weighted by molar-refractivity contribution is -0.152. The Balaban J connectivity index is 1.81. The monoisotopic (exact) mass is 384 g/mol. The van der Waals surface area contributed by atoms with Gasteiger partial charge >= 0.3 is 6.18 Å². The van der Waals surface area contributed by atoms with Crippen LogP contribution in [0, 0.1) is 5.92 Å². The average Bonchev–Trinajstić information content (AvgIpc) is 2.80. The Kier molecular flexibility index (Phi) is 5.67. The molecule has 1 unspecified atom stereocenters. The summed E-state index contributed by atoms with van der Waals surface area (Å²) in [6.45, 7) is 0.0696. The number of nitrogens with zero attached hydrogens (tertiary/aromatic N) is 1. The molecule has 0 aliphatic carbocycles. The van der Waals surface area contributed by atoms with Gasteiger partial charge < -0.3 is 5.32 Å². The second-order valence-electron chi connectivity index (χ2n) is 5.11. The Bertz CT molecular complexity index is 492. The highest BCUT2D eigenvalue weighted by atomic mass is 79.9. The Morgan fingerprint density at radius 1 is 1.48 bits per heavy atom. The van der Waals surface area contributed by atoms with Gasteiger partial charge in [-0.05, 0) is 47.4 Å². The van der Waals surface area contributed by atoms with Gasteiger partial charge in [0.05, 0.1) is 22.8 Å². The van der Waals surface area contributed by atoms with Crippen LogP contribution in [0.2, 0.25) is 0 Å². The predicted molar refractivity (Wildman–Crippen MR) is 79.1 cm³/mol. The molecule has 3 nitrogen and oxygen atoms in total. The number of nitrogens with one attached hydrogen (secondary N) is 1. The minimum absolute atomic E-state index is 0.161. The molecule has 21 heavy (non-hydrogen) atoms. The van der Waals surface area contributed by atoms with E-state index < -0.39 is 12.7 Å². The number of hydrogen-bond acceptors (Lipinski definition) is 3. The third kappa shape index (κ3) is 5.60. The fraction of sp³-hybridized carbons (Fsp3) is 0.615. The molecule has 0 aromatic carbocycles. The first-order valence-electron chi connectivity index (χ1n) is 6.64. The van der Waals surface area contributed by atoms with E-state index in [0.717, 1.165) is 8.66 Å². The van der Waals surface area contributed by atoms with E-state index in [0.29, 0.717) is 25.9 Å². The molecule has 2 heterocycles. The Morgan fingerprint density at radius 2 is 2.24 bits per heavy atom. The molecule has 1 aromatic heterocycles. The van der Waals surface area contributed by atoms with Crippen molar-refractivity contribution in [3.05, 3.63) is 20.8 Å². The fourth-order valence-electron chi connectivity index (χ4n) is 2.43. The normalized spacial score (nSPS) is 20.5. The molecule has 118 valence electrons. The Hall–Kier alpha value is -0.600. The molecule has 1 aliphatic heterocycles. The Labute approximate surface area is 133 Å². The largest absolute Gasteiger partial charge is 0.401 e. The molecule has 1 saturated heterocycles. The number of thiophene rings is 1. The predicted octanol–water partition coefficient (Wildman–Crippen LogP) is 3.40. The van der Waals surface area contributed by atoms with Crippen molar-refractivity contribution in [1.82, 2.24) is 10.2 Å². The van der Waals surface area contributed by atoms with Crippen molar-refractivity contribution in [2.75, 3.05) is 19.6 Å². The molecule has 2 rings (SSSR count). The SMILES string of the molecule is O=C(NCc1ccc(Br)s1)C1CCCN(CC(F)(F)F)C1. The molecule has 0 spiro atoms. The van der Waals surface area contributed by atoms with Crippen LogP contribution < -0.4 is 5.32 Å². The van der Waals surface area contributed by atoms with E-state index in [9.17, 15) is 18.0 Å². The van der Waals surface area contributed by atoms with Gasteiger partial charge in [0, 0.05) is 11.4 Å². The molecule has 0 saturated carbocycles. The lowest BCUT2D eigenvalue weighted by Gasteiger charge is -2.32. The maximum Gasteiger partial charge on any atom is 0.401 e. The number of halogens is 4. The van der Waals surface area contributed by atoms with E-state index in [4.69, 9.17) is 0 Å². The zero-order valence-corrected chi connectivity index (χ0v) is 13.7. The summed E-state index contributed by atoms with van der Waals surface area (Å²) in [5.74, 6) is -0.518. The summed E-state index contributed by atoms with van der Waals surface area (Å²) in [6, 6.07) is 3.81. The third-order valence-electron chi connectivity index (χ3n) is 3.34. The number of carbonyl (C=O) groups excluding carboxylic acids is 1. The second kappa shape index (κ2) is 7.11. The number of hydrogen-bond donors (Lipinski definition) is 1. The second-order valence-corrected chi connectivity index (χ2v) is 7.66. The van der Waals surface area contributed by atoms with Crippen LogP contribution in [0.15, 0.2) is 15.9 Å². The smallest absolute Gasteiger partial charge is 0.351 e. The van der Waals surface area contributed by atoms with Gasteiger partial charge in [0.1, 0.15) is 0 Å². The average molecular weight is 385 g/mol. The zero-order chi connectivity index (χ0) is 15.5. The van der Waals surface area contributed by atoms with Gasteiger partial charge in [0.15, 0.2) is 0 Å². The van der Waals surface area contributed by atoms with Gasteiger partial charge in [-0.2, -0.15) is 13.2 Å². The first kappa shape index (κ1) is 16.8. The summed E-state index contributed by atoms with van der Waals surface area (Å²) in [4.78, 5) is 14.4. The summed E-state index contributed by atoms with van der Waals surface area (Å²) < 4.78 is 38.2. The molecule has 0 bridgehead atoms. The zero-order valence-electron chi connectivity index (χ0n) is 11.3. The molecular formula is C13H16BrF3N2OS. The maximum absolute atomic E-state index is 12.4. The van der Waals surface area contributed by atoms with Crippen LogP contribution in [0.3, 0.4) is 0 Å². The summed E-state index contributed by atoms with van der Waals surface area (Å²) in [5, 5.41) is 2.81. The van der Waals surface area contributed by atoms with Crippen LogP contribution in [0.4, 0.5) is 13.2 Å². The summed E-state index contributed by atoms with van der Waals surface area (Å²) >= 11 is 4.87. The first-order valence-corrected chi connectivity index (χ1v) is 8.25. The Morgan fingerprint density at radius 3 is 2.86 bits per heavy atom. The van der Waals surface area contributed by atoms with Crippen molar-refractivity contribution < 1.29 is 18.0 Å². The van der Waals surface area contributed by atoms with E-state index in [2.05, 4.69) is 21.2 Å². The number of alkyl halides is 3. The number of carbonyl (C=O) groups is 1. The molecule has 8 heteroatoms. The summed E-state index contributed by atoms with van der Waals surface area (Å²) in [6.07, 6.45) is -2.94. The van der Waals surface area contributed by atoms with Gasteiger partial charge in [-0.1, -0.05) is 0 Å². The van der Waals surface area contributed by atoms with E-state index >= 15 is 0 Å². The lowest BCUT2D eigenvalue weighted by Crippen LogP contribution is -2.45. The molecule has 1 N–H and O–H groups in total. The van der Waals surface area contributed by atoms with Crippen LogP contribution in [-0.4, -0.2) is 36.6 Å². The van der Waals surface area contributed by atoms with Crippen molar-refractivity contribution >= 4 is 33.2 Å². The number of likely N-dealkylation sites (tertiary alicyclic amines) is 1. The van der Waals surface area contributed by atoms with E-state index in [1.165, 1.54) is 16.2 Å². The standard InChI is InChI=1S/C13H16BrF3N2OS/c14-11-4-3-10(21-11)6-18-12(20)9-2-1-5-19(7-9)8-13(15,16)17/h3-4,9H,1-2,5-8H2,(H,18,20). The lowest BCUT2D eigenvalue weighted by atomic mass is 9.97. The van der Waals surface area contributed by atoms with Crippen molar-refractivity contribution in [3.63, 3.8) is 0 Å². The van der Waals surface area contributed by atoms with Crippen LogP contribution >= 0.6 is 27.3 Å². The van der Waals surface area contributed by atoms with Gasteiger partial charge in [-0.25, -0.2) is 0 Å². The topological polar surface area (TPSA) is 32.3 Å². The molecule has 1 aromatic rings. The molecule has 1 amide bonds. The van der Waals surface area contributed by atoms with E-state index in [1.54, 1.807) is 0 Å². The number of rotatable bonds is 4. The molecular weight excluding hydrogens is 369 g/mol. The van der Waals surface area contributed by atoms with Crippen molar-refractivity contribution in [3.8, 4) is 0 Å². The maximum atomic E-state index is 12.4. The summed E-state index contributed by atoms with van der Waals surface area (Å²) in [7, 11) is 0. The van der Waals surface area contributed by atoms with Crippen LogP contribution in [-0.2, 0) is 11.3 Å². The van der Waals surface area contributed by atoms with Crippen LogP contribution in [0.1, 0.15) is 17.7 Å². The molecule has 1 aliphatic rings. The quantitative estimate of drug-likeness (QED) is 0.862. The van der Waals surface area contributed by atoms with Crippen molar-refractivity contribution in [1.29, 1.82) is 0 Å². The number of piperidine rings is 1.